The average Bonchev–Trinajstić information content (AvgIpc) is 2.49. The van der Waals surface area contributed by atoms with Crippen molar-refractivity contribution in [1.29, 1.82) is 0 Å². The quantitative estimate of drug-likeness (QED) is 0.887. The van der Waals surface area contributed by atoms with Gasteiger partial charge in [0.25, 0.3) is 5.91 Å². The highest BCUT2D eigenvalue weighted by Crippen LogP contribution is 2.20. The molecule has 0 saturated carbocycles. The van der Waals surface area contributed by atoms with Crippen LogP contribution in [0.3, 0.4) is 0 Å². The van der Waals surface area contributed by atoms with Crippen molar-refractivity contribution < 1.29 is 9.53 Å². The molecule has 0 heterocycles. The second-order valence-corrected chi connectivity index (χ2v) is 4.92. The SMILES string of the molecule is Cc1cccc(C)c1NC(=O)COc1ccccc1CN. The zero-order valence-corrected chi connectivity index (χ0v) is 12.3. The van der Waals surface area contributed by atoms with Gasteiger partial charge in [-0.25, -0.2) is 0 Å². The molecule has 0 saturated heterocycles. The Morgan fingerprint density at radius 2 is 1.76 bits per heavy atom. The molecule has 1 amide bonds. The normalized spacial score (nSPS) is 10.2. The summed E-state index contributed by atoms with van der Waals surface area (Å²) in [6, 6.07) is 13.4. The standard InChI is InChI=1S/C17H20N2O2/c1-12-6-5-7-13(2)17(12)19-16(20)11-21-15-9-4-3-8-14(15)10-18/h3-9H,10-11,18H2,1-2H3,(H,19,20). The molecule has 0 fully saturated rings. The number of rotatable bonds is 5. The van der Waals surface area contributed by atoms with E-state index in [1.165, 1.54) is 0 Å². The summed E-state index contributed by atoms with van der Waals surface area (Å²) in [5.41, 5.74) is 9.44. The number of para-hydroxylation sites is 2. The Morgan fingerprint density at radius 3 is 2.43 bits per heavy atom. The highest BCUT2D eigenvalue weighted by atomic mass is 16.5. The second kappa shape index (κ2) is 6.90. The van der Waals surface area contributed by atoms with Crippen molar-refractivity contribution in [2.75, 3.05) is 11.9 Å². The molecule has 110 valence electrons. The van der Waals surface area contributed by atoms with Gasteiger partial charge in [0.05, 0.1) is 0 Å². The average molecular weight is 284 g/mol. The Labute approximate surface area is 124 Å². The van der Waals surface area contributed by atoms with Gasteiger partial charge in [-0.15, -0.1) is 0 Å². The summed E-state index contributed by atoms with van der Waals surface area (Å²) in [4.78, 5) is 12.0. The maximum Gasteiger partial charge on any atom is 0.262 e. The van der Waals surface area contributed by atoms with Gasteiger partial charge in [-0.1, -0.05) is 36.4 Å². The Balaban J connectivity index is 1.99. The molecule has 0 unspecified atom stereocenters. The van der Waals surface area contributed by atoms with Crippen molar-refractivity contribution in [2.45, 2.75) is 20.4 Å². The van der Waals surface area contributed by atoms with Crippen LogP contribution in [0.1, 0.15) is 16.7 Å². The first-order valence-corrected chi connectivity index (χ1v) is 6.88. The third kappa shape index (κ3) is 3.83. The van der Waals surface area contributed by atoms with Crippen molar-refractivity contribution in [1.82, 2.24) is 0 Å². The number of carbonyl (C=O) groups excluding carboxylic acids is 1. The summed E-state index contributed by atoms with van der Waals surface area (Å²) in [5, 5.41) is 2.89. The van der Waals surface area contributed by atoms with Gasteiger partial charge in [0.15, 0.2) is 6.61 Å². The largest absolute Gasteiger partial charge is 0.483 e. The van der Waals surface area contributed by atoms with Crippen LogP contribution in [0.4, 0.5) is 5.69 Å². The zero-order chi connectivity index (χ0) is 15.2. The lowest BCUT2D eigenvalue weighted by molar-refractivity contribution is -0.118. The lowest BCUT2D eigenvalue weighted by atomic mass is 10.1. The van der Waals surface area contributed by atoms with Gasteiger partial charge in [0.2, 0.25) is 0 Å². The fourth-order valence-electron chi connectivity index (χ4n) is 2.14. The van der Waals surface area contributed by atoms with E-state index < -0.39 is 0 Å². The van der Waals surface area contributed by atoms with Crippen molar-refractivity contribution in [3.8, 4) is 5.75 Å². The van der Waals surface area contributed by atoms with Crippen molar-refractivity contribution in [2.24, 2.45) is 5.73 Å². The Hall–Kier alpha value is -2.33. The van der Waals surface area contributed by atoms with E-state index in [4.69, 9.17) is 10.5 Å². The number of ether oxygens (including phenoxy) is 1. The van der Waals surface area contributed by atoms with Gasteiger partial charge < -0.3 is 15.8 Å². The summed E-state index contributed by atoms with van der Waals surface area (Å²) in [6.45, 7) is 4.28. The molecule has 0 aliphatic carbocycles. The molecule has 2 aromatic carbocycles. The number of aryl methyl sites for hydroxylation is 2. The topological polar surface area (TPSA) is 64.3 Å². The van der Waals surface area contributed by atoms with Crippen LogP contribution in [-0.4, -0.2) is 12.5 Å². The second-order valence-electron chi connectivity index (χ2n) is 4.92. The van der Waals surface area contributed by atoms with E-state index in [0.29, 0.717) is 12.3 Å². The first-order chi connectivity index (χ1) is 10.1. The summed E-state index contributed by atoms with van der Waals surface area (Å²) < 4.78 is 5.55. The number of hydrogen-bond acceptors (Lipinski definition) is 3. The highest BCUT2D eigenvalue weighted by Gasteiger charge is 2.09. The Kier molecular flexibility index (Phi) is 4.95. The van der Waals surface area contributed by atoms with Gasteiger partial charge in [-0.3, -0.25) is 4.79 Å². The van der Waals surface area contributed by atoms with Crippen LogP contribution < -0.4 is 15.8 Å². The minimum atomic E-state index is -0.181. The predicted octanol–water partition coefficient (Wildman–Crippen LogP) is 2.78. The number of amides is 1. The molecule has 0 radical (unpaired) electrons. The van der Waals surface area contributed by atoms with Crippen LogP contribution in [0.2, 0.25) is 0 Å². The fourth-order valence-corrected chi connectivity index (χ4v) is 2.14. The smallest absolute Gasteiger partial charge is 0.262 e. The van der Waals surface area contributed by atoms with Crippen LogP contribution in [0, 0.1) is 13.8 Å². The molecule has 3 N–H and O–H groups in total. The van der Waals surface area contributed by atoms with E-state index in [1.54, 1.807) is 0 Å². The minimum Gasteiger partial charge on any atom is -0.483 e. The number of carbonyl (C=O) groups is 1. The highest BCUT2D eigenvalue weighted by molar-refractivity contribution is 5.93. The van der Waals surface area contributed by atoms with Crippen molar-refractivity contribution in [3.05, 3.63) is 59.2 Å². The molecule has 4 nitrogen and oxygen atoms in total. The Bertz CT molecular complexity index is 618. The molecular formula is C17H20N2O2. The molecule has 4 heteroatoms. The van der Waals surface area contributed by atoms with Crippen molar-refractivity contribution in [3.63, 3.8) is 0 Å². The van der Waals surface area contributed by atoms with Crippen LogP contribution in [0.5, 0.6) is 5.75 Å². The van der Waals surface area contributed by atoms with Crippen LogP contribution in [0.25, 0.3) is 0 Å². The molecule has 0 aliphatic rings. The minimum absolute atomic E-state index is 0.0369. The van der Waals surface area contributed by atoms with E-state index in [-0.39, 0.29) is 12.5 Å². The third-order valence-electron chi connectivity index (χ3n) is 3.30. The van der Waals surface area contributed by atoms with Crippen LogP contribution >= 0.6 is 0 Å². The molecule has 0 atom stereocenters. The molecule has 21 heavy (non-hydrogen) atoms. The lowest BCUT2D eigenvalue weighted by Gasteiger charge is -2.13. The molecule has 0 bridgehead atoms. The molecular weight excluding hydrogens is 264 g/mol. The molecule has 0 aliphatic heterocycles. The summed E-state index contributed by atoms with van der Waals surface area (Å²) in [7, 11) is 0. The fraction of sp³-hybridized carbons (Fsp3) is 0.235. The van der Waals surface area contributed by atoms with Gasteiger partial charge in [-0.05, 0) is 31.0 Å². The molecule has 0 aromatic heterocycles. The van der Waals surface area contributed by atoms with E-state index in [1.807, 2.05) is 56.3 Å². The van der Waals surface area contributed by atoms with E-state index >= 15 is 0 Å². The van der Waals surface area contributed by atoms with Gasteiger partial charge in [0, 0.05) is 17.8 Å². The van der Waals surface area contributed by atoms with Crippen LogP contribution in [0.15, 0.2) is 42.5 Å². The van der Waals surface area contributed by atoms with Gasteiger partial charge >= 0.3 is 0 Å². The maximum absolute atomic E-state index is 12.0. The first kappa shape index (κ1) is 15.1. The number of anilines is 1. The number of hydrogen-bond donors (Lipinski definition) is 2. The maximum atomic E-state index is 12.0. The number of benzene rings is 2. The predicted molar refractivity (Wildman–Crippen MR) is 84.4 cm³/mol. The van der Waals surface area contributed by atoms with E-state index in [0.717, 1.165) is 22.4 Å². The number of nitrogens with one attached hydrogen (secondary N) is 1. The molecule has 0 spiro atoms. The lowest BCUT2D eigenvalue weighted by Crippen LogP contribution is -2.21. The van der Waals surface area contributed by atoms with Crippen molar-refractivity contribution >= 4 is 11.6 Å². The monoisotopic (exact) mass is 284 g/mol. The van der Waals surface area contributed by atoms with E-state index in [2.05, 4.69) is 5.32 Å². The van der Waals surface area contributed by atoms with E-state index in [9.17, 15) is 4.79 Å². The van der Waals surface area contributed by atoms with Crippen LogP contribution in [-0.2, 0) is 11.3 Å². The summed E-state index contributed by atoms with van der Waals surface area (Å²) in [6.07, 6.45) is 0. The van der Waals surface area contributed by atoms with Gasteiger partial charge in [-0.2, -0.15) is 0 Å². The molecule has 2 aromatic rings. The zero-order valence-electron chi connectivity index (χ0n) is 12.3. The van der Waals surface area contributed by atoms with Gasteiger partial charge in [0.1, 0.15) is 5.75 Å². The number of nitrogens with two attached hydrogens (primary N) is 1. The summed E-state index contributed by atoms with van der Waals surface area (Å²) in [5.74, 6) is 0.468. The summed E-state index contributed by atoms with van der Waals surface area (Å²) >= 11 is 0. The first-order valence-electron chi connectivity index (χ1n) is 6.88. The molecule has 2 rings (SSSR count). The third-order valence-corrected chi connectivity index (χ3v) is 3.30. The Morgan fingerprint density at radius 1 is 1.10 bits per heavy atom.